The molecule has 0 aliphatic carbocycles. The Kier molecular flexibility index (Phi) is 4.77. The molecule has 0 aliphatic rings. The molecule has 0 saturated carbocycles. The molecule has 104 valence electrons. The third-order valence-electron chi connectivity index (χ3n) is 3.23. The second-order valence-electron chi connectivity index (χ2n) is 5.61. The third-order valence-corrected chi connectivity index (χ3v) is 3.89. The van der Waals surface area contributed by atoms with Crippen LogP contribution in [0.15, 0.2) is 46.9 Å². The van der Waals surface area contributed by atoms with E-state index < -0.39 is 0 Å². The van der Waals surface area contributed by atoms with Crippen LogP contribution < -0.4 is 0 Å². The molecular formula is C18H19BrO. The minimum Gasteiger partial charge on any atom is -0.289 e. The highest BCUT2D eigenvalue weighted by Gasteiger charge is 2.12. The van der Waals surface area contributed by atoms with Crippen LogP contribution in [0.1, 0.15) is 40.9 Å². The Labute approximate surface area is 129 Å². The van der Waals surface area contributed by atoms with E-state index in [4.69, 9.17) is 0 Å². The molecule has 0 fully saturated rings. The van der Waals surface area contributed by atoms with E-state index in [1.807, 2.05) is 37.3 Å². The maximum atomic E-state index is 12.5. The number of halogens is 1. The third kappa shape index (κ3) is 3.57. The first-order valence-corrected chi connectivity index (χ1v) is 7.66. The molecular weight excluding hydrogens is 312 g/mol. The van der Waals surface area contributed by atoms with Crippen LogP contribution >= 0.6 is 15.9 Å². The molecule has 2 rings (SSSR count). The maximum Gasteiger partial charge on any atom is 0.194 e. The van der Waals surface area contributed by atoms with Crippen molar-refractivity contribution in [2.75, 3.05) is 0 Å². The number of carbonyl (C=O) groups is 1. The monoisotopic (exact) mass is 330 g/mol. The number of hydrogen-bond donors (Lipinski definition) is 0. The summed E-state index contributed by atoms with van der Waals surface area (Å²) < 4.78 is 0.855. The van der Waals surface area contributed by atoms with E-state index in [9.17, 15) is 4.79 Å². The fourth-order valence-corrected chi connectivity index (χ4v) is 2.90. The number of ketones is 1. The zero-order valence-corrected chi connectivity index (χ0v) is 13.7. The lowest BCUT2D eigenvalue weighted by atomic mass is 9.98. The van der Waals surface area contributed by atoms with E-state index in [1.165, 1.54) is 5.56 Å². The average molecular weight is 331 g/mol. The van der Waals surface area contributed by atoms with Crippen molar-refractivity contribution >= 4 is 21.7 Å². The largest absolute Gasteiger partial charge is 0.289 e. The summed E-state index contributed by atoms with van der Waals surface area (Å²) in [5, 5.41) is 0. The van der Waals surface area contributed by atoms with Crippen molar-refractivity contribution in [3.63, 3.8) is 0 Å². The minimum atomic E-state index is 0.0629. The fourth-order valence-electron chi connectivity index (χ4n) is 2.22. The Bertz CT molecular complexity index is 612. The van der Waals surface area contributed by atoms with Gasteiger partial charge in [-0.2, -0.15) is 0 Å². The van der Waals surface area contributed by atoms with E-state index in [-0.39, 0.29) is 5.78 Å². The molecule has 0 saturated heterocycles. The van der Waals surface area contributed by atoms with Gasteiger partial charge < -0.3 is 0 Å². The predicted octanol–water partition coefficient (Wildman–Crippen LogP) is 5.19. The van der Waals surface area contributed by atoms with Gasteiger partial charge in [-0.25, -0.2) is 0 Å². The minimum absolute atomic E-state index is 0.0629. The van der Waals surface area contributed by atoms with Crippen LogP contribution in [0.2, 0.25) is 0 Å². The van der Waals surface area contributed by atoms with Crippen molar-refractivity contribution in [1.29, 1.82) is 0 Å². The number of carbonyl (C=O) groups excluding carboxylic acids is 1. The molecule has 0 aliphatic heterocycles. The van der Waals surface area contributed by atoms with Gasteiger partial charge in [0.1, 0.15) is 0 Å². The van der Waals surface area contributed by atoms with Crippen molar-refractivity contribution in [3.05, 3.63) is 69.2 Å². The molecule has 0 amide bonds. The fraction of sp³-hybridized carbons (Fsp3) is 0.278. The summed E-state index contributed by atoms with van der Waals surface area (Å²) in [7, 11) is 0. The van der Waals surface area contributed by atoms with Crippen molar-refractivity contribution in [1.82, 2.24) is 0 Å². The van der Waals surface area contributed by atoms with Gasteiger partial charge in [0.25, 0.3) is 0 Å². The van der Waals surface area contributed by atoms with E-state index in [1.54, 1.807) is 0 Å². The van der Waals surface area contributed by atoms with Crippen LogP contribution in [0.3, 0.4) is 0 Å². The van der Waals surface area contributed by atoms with Crippen molar-refractivity contribution < 1.29 is 4.79 Å². The van der Waals surface area contributed by atoms with Gasteiger partial charge in [-0.05, 0) is 42.5 Å². The second kappa shape index (κ2) is 6.36. The Morgan fingerprint density at radius 3 is 2.30 bits per heavy atom. The molecule has 20 heavy (non-hydrogen) atoms. The van der Waals surface area contributed by atoms with E-state index in [0.717, 1.165) is 22.0 Å². The van der Waals surface area contributed by atoms with E-state index in [0.29, 0.717) is 11.5 Å². The van der Waals surface area contributed by atoms with Crippen LogP contribution in [-0.4, -0.2) is 5.78 Å². The Morgan fingerprint density at radius 2 is 1.75 bits per heavy atom. The molecule has 0 unspecified atom stereocenters. The van der Waals surface area contributed by atoms with E-state index >= 15 is 0 Å². The highest BCUT2D eigenvalue weighted by Crippen LogP contribution is 2.22. The van der Waals surface area contributed by atoms with Crippen LogP contribution in [0.5, 0.6) is 0 Å². The van der Waals surface area contributed by atoms with Gasteiger partial charge in [0.05, 0.1) is 0 Å². The SMILES string of the molecule is Cc1ccc(C(=O)c2ccc(CC(C)C)cc2)c(Br)c1. The molecule has 2 aromatic rings. The normalized spacial score (nSPS) is 10.8. The maximum absolute atomic E-state index is 12.5. The number of rotatable bonds is 4. The molecule has 0 bridgehead atoms. The van der Waals surface area contributed by atoms with Gasteiger partial charge >= 0.3 is 0 Å². The quantitative estimate of drug-likeness (QED) is 0.705. The van der Waals surface area contributed by atoms with Gasteiger partial charge in [0, 0.05) is 15.6 Å². The van der Waals surface area contributed by atoms with Crippen LogP contribution in [-0.2, 0) is 6.42 Å². The topological polar surface area (TPSA) is 17.1 Å². The van der Waals surface area contributed by atoms with Gasteiger partial charge in [-0.15, -0.1) is 0 Å². The molecule has 0 aromatic heterocycles. The summed E-state index contributed by atoms with van der Waals surface area (Å²) in [5.74, 6) is 0.691. The molecule has 1 nitrogen and oxygen atoms in total. The predicted molar refractivity (Wildman–Crippen MR) is 87.3 cm³/mol. The number of aryl methyl sites for hydroxylation is 1. The molecule has 0 spiro atoms. The van der Waals surface area contributed by atoms with Gasteiger partial charge in [-0.3, -0.25) is 4.79 Å². The first-order valence-electron chi connectivity index (χ1n) is 6.87. The number of benzene rings is 2. The highest BCUT2D eigenvalue weighted by molar-refractivity contribution is 9.10. The van der Waals surface area contributed by atoms with Gasteiger partial charge in [0.15, 0.2) is 5.78 Å². The van der Waals surface area contributed by atoms with Crippen molar-refractivity contribution in [3.8, 4) is 0 Å². The molecule has 0 heterocycles. The molecule has 0 atom stereocenters. The van der Waals surface area contributed by atoms with Crippen molar-refractivity contribution in [2.24, 2.45) is 5.92 Å². The Balaban J connectivity index is 2.25. The lowest BCUT2D eigenvalue weighted by Crippen LogP contribution is -2.03. The molecule has 0 radical (unpaired) electrons. The lowest BCUT2D eigenvalue weighted by Gasteiger charge is -2.07. The summed E-state index contributed by atoms with van der Waals surface area (Å²) in [6.07, 6.45) is 1.04. The Hall–Kier alpha value is -1.41. The van der Waals surface area contributed by atoms with Crippen molar-refractivity contribution in [2.45, 2.75) is 27.2 Å². The van der Waals surface area contributed by atoms with Gasteiger partial charge in [0.2, 0.25) is 0 Å². The first-order chi connectivity index (χ1) is 9.47. The van der Waals surface area contributed by atoms with Gasteiger partial charge in [-0.1, -0.05) is 60.1 Å². The van der Waals surface area contributed by atoms with Crippen LogP contribution in [0, 0.1) is 12.8 Å². The summed E-state index contributed by atoms with van der Waals surface area (Å²) >= 11 is 3.47. The second-order valence-corrected chi connectivity index (χ2v) is 6.46. The molecule has 2 heteroatoms. The summed E-state index contributed by atoms with van der Waals surface area (Å²) in [6, 6.07) is 13.8. The summed E-state index contributed by atoms with van der Waals surface area (Å²) in [6.45, 7) is 6.41. The standard InChI is InChI=1S/C18H19BrO/c1-12(2)10-14-5-7-15(8-6-14)18(20)16-9-4-13(3)11-17(16)19/h4-9,11-12H,10H2,1-3H3. The number of hydrogen-bond acceptors (Lipinski definition) is 1. The highest BCUT2D eigenvalue weighted by atomic mass is 79.9. The lowest BCUT2D eigenvalue weighted by molar-refractivity contribution is 0.103. The molecule has 0 N–H and O–H groups in total. The van der Waals surface area contributed by atoms with Crippen LogP contribution in [0.25, 0.3) is 0 Å². The van der Waals surface area contributed by atoms with E-state index in [2.05, 4.69) is 41.9 Å². The zero-order valence-electron chi connectivity index (χ0n) is 12.1. The molecule has 2 aromatic carbocycles. The summed E-state index contributed by atoms with van der Waals surface area (Å²) in [4.78, 5) is 12.5. The first kappa shape index (κ1) is 15.0. The zero-order chi connectivity index (χ0) is 14.7. The summed E-state index contributed by atoms with van der Waals surface area (Å²) in [5.41, 5.74) is 3.87. The van der Waals surface area contributed by atoms with Crippen LogP contribution in [0.4, 0.5) is 0 Å². The Morgan fingerprint density at radius 1 is 1.10 bits per heavy atom. The smallest absolute Gasteiger partial charge is 0.194 e. The average Bonchev–Trinajstić information content (AvgIpc) is 2.38.